The highest BCUT2D eigenvalue weighted by Crippen LogP contribution is 2.11. The highest BCUT2D eigenvalue weighted by atomic mass is 127. The molecular formula is C10H16IN3O. The molecule has 0 amide bonds. The molecule has 0 aliphatic rings. The van der Waals surface area contributed by atoms with Crippen LogP contribution in [-0.2, 0) is 4.74 Å². The molecule has 0 saturated heterocycles. The van der Waals surface area contributed by atoms with E-state index in [0.29, 0.717) is 0 Å². The SMILES string of the molecule is CCCOCCCNc1ncncc1I. The summed E-state index contributed by atoms with van der Waals surface area (Å²) in [6.45, 7) is 4.66. The Labute approximate surface area is 104 Å². The first kappa shape index (κ1) is 12.6. The standard InChI is InChI=1S/C10H16IN3O/c1-2-5-15-6-3-4-13-10-9(11)7-12-8-14-10/h7-8H,2-6H2,1H3,(H,12,13,14). The molecule has 1 N–H and O–H groups in total. The first-order valence-corrected chi connectivity index (χ1v) is 6.19. The average Bonchev–Trinajstić information content (AvgIpc) is 2.25. The van der Waals surface area contributed by atoms with E-state index in [1.54, 1.807) is 12.5 Å². The maximum atomic E-state index is 5.38. The first-order valence-electron chi connectivity index (χ1n) is 5.11. The first-order chi connectivity index (χ1) is 7.34. The van der Waals surface area contributed by atoms with Crippen molar-refractivity contribution in [2.24, 2.45) is 0 Å². The lowest BCUT2D eigenvalue weighted by Crippen LogP contribution is -2.08. The summed E-state index contributed by atoms with van der Waals surface area (Å²) in [5.41, 5.74) is 0. The van der Waals surface area contributed by atoms with Gasteiger partial charge in [-0.1, -0.05) is 6.92 Å². The topological polar surface area (TPSA) is 47.0 Å². The number of aromatic nitrogens is 2. The quantitative estimate of drug-likeness (QED) is 0.618. The van der Waals surface area contributed by atoms with Gasteiger partial charge in [0.1, 0.15) is 12.1 Å². The lowest BCUT2D eigenvalue weighted by Gasteiger charge is -2.06. The van der Waals surface area contributed by atoms with Crippen LogP contribution in [0.15, 0.2) is 12.5 Å². The van der Waals surface area contributed by atoms with E-state index in [-0.39, 0.29) is 0 Å². The summed E-state index contributed by atoms with van der Waals surface area (Å²) in [7, 11) is 0. The van der Waals surface area contributed by atoms with Crippen LogP contribution in [0.3, 0.4) is 0 Å². The van der Waals surface area contributed by atoms with Crippen molar-refractivity contribution >= 4 is 28.4 Å². The van der Waals surface area contributed by atoms with Gasteiger partial charge in [0.15, 0.2) is 0 Å². The summed E-state index contributed by atoms with van der Waals surface area (Å²) < 4.78 is 6.42. The molecule has 0 atom stereocenters. The molecule has 0 bridgehead atoms. The number of rotatable bonds is 7. The predicted molar refractivity (Wildman–Crippen MR) is 69.0 cm³/mol. The fraction of sp³-hybridized carbons (Fsp3) is 0.600. The molecule has 0 aliphatic heterocycles. The van der Waals surface area contributed by atoms with E-state index >= 15 is 0 Å². The van der Waals surface area contributed by atoms with E-state index in [1.165, 1.54) is 0 Å². The van der Waals surface area contributed by atoms with E-state index in [0.717, 1.165) is 42.0 Å². The van der Waals surface area contributed by atoms with Crippen LogP contribution in [0.5, 0.6) is 0 Å². The Morgan fingerprint density at radius 1 is 1.47 bits per heavy atom. The second kappa shape index (κ2) is 7.81. The fourth-order valence-electron chi connectivity index (χ4n) is 1.07. The molecule has 5 heteroatoms. The molecule has 1 aromatic rings. The Bertz CT molecular complexity index is 283. The zero-order chi connectivity index (χ0) is 10.9. The van der Waals surface area contributed by atoms with Crippen molar-refractivity contribution in [3.05, 3.63) is 16.1 Å². The van der Waals surface area contributed by atoms with Crippen molar-refractivity contribution in [2.75, 3.05) is 25.1 Å². The van der Waals surface area contributed by atoms with E-state index in [4.69, 9.17) is 4.74 Å². The molecule has 1 aromatic heterocycles. The Balaban J connectivity index is 2.12. The molecule has 0 unspecified atom stereocenters. The maximum Gasteiger partial charge on any atom is 0.142 e. The summed E-state index contributed by atoms with van der Waals surface area (Å²) in [5.74, 6) is 0.904. The minimum Gasteiger partial charge on any atom is -0.381 e. The van der Waals surface area contributed by atoms with Crippen LogP contribution in [0.2, 0.25) is 0 Å². The zero-order valence-corrected chi connectivity index (χ0v) is 11.0. The monoisotopic (exact) mass is 321 g/mol. The van der Waals surface area contributed by atoms with Crippen LogP contribution in [-0.4, -0.2) is 29.7 Å². The van der Waals surface area contributed by atoms with Gasteiger partial charge in [0, 0.05) is 26.0 Å². The third-order valence-electron chi connectivity index (χ3n) is 1.77. The second-order valence-corrected chi connectivity index (χ2v) is 4.27. The number of hydrogen-bond acceptors (Lipinski definition) is 4. The van der Waals surface area contributed by atoms with Gasteiger partial charge in [-0.15, -0.1) is 0 Å². The summed E-state index contributed by atoms with van der Waals surface area (Å²) in [6, 6.07) is 0. The van der Waals surface area contributed by atoms with Gasteiger partial charge in [0.25, 0.3) is 0 Å². The predicted octanol–water partition coefficient (Wildman–Crippen LogP) is 2.31. The van der Waals surface area contributed by atoms with Gasteiger partial charge in [-0.3, -0.25) is 0 Å². The fourth-order valence-corrected chi connectivity index (χ4v) is 1.56. The van der Waals surface area contributed by atoms with Gasteiger partial charge in [-0.25, -0.2) is 9.97 Å². The van der Waals surface area contributed by atoms with Crippen LogP contribution in [0, 0.1) is 3.57 Å². The van der Waals surface area contributed by atoms with Gasteiger partial charge >= 0.3 is 0 Å². The molecule has 0 aromatic carbocycles. The van der Waals surface area contributed by atoms with Crippen molar-refractivity contribution in [3.8, 4) is 0 Å². The third-order valence-corrected chi connectivity index (χ3v) is 2.56. The van der Waals surface area contributed by atoms with Crippen LogP contribution in [0.1, 0.15) is 19.8 Å². The molecule has 15 heavy (non-hydrogen) atoms. The van der Waals surface area contributed by atoms with Crippen LogP contribution < -0.4 is 5.32 Å². The van der Waals surface area contributed by atoms with Crippen LogP contribution in [0.25, 0.3) is 0 Å². The lowest BCUT2D eigenvalue weighted by molar-refractivity contribution is 0.134. The molecule has 84 valence electrons. The van der Waals surface area contributed by atoms with Gasteiger partial charge in [0.05, 0.1) is 3.57 Å². The normalized spacial score (nSPS) is 10.3. The van der Waals surface area contributed by atoms with Crippen molar-refractivity contribution < 1.29 is 4.74 Å². The van der Waals surface area contributed by atoms with E-state index in [2.05, 4.69) is 44.8 Å². The molecule has 1 rings (SSSR count). The van der Waals surface area contributed by atoms with Crippen molar-refractivity contribution in [3.63, 3.8) is 0 Å². The van der Waals surface area contributed by atoms with E-state index in [9.17, 15) is 0 Å². The van der Waals surface area contributed by atoms with Crippen molar-refractivity contribution in [2.45, 2.75) is 19.8 Å². The molecule has 0 aliphatic carbocycles. The van der Waals surface area contributed by atoms with Gasteiger partial charge in [-0.05, 0) is 35.4 Å². The molecule has 0 radical (unpaired) electrons. The van der Waals surface area contributed by atoms with Crippen LogP contribution >= 0.6 is 22.6 Å². The molecule has 0 spiro atoms. The zero-order valence-electron chi connectivity index (χ0n) is 8.87. The molecule has 1 heterocycles. The minimum atomic E-state index is 0.808. The largest absolute Gasteiger partial charge is 0.381 e. The number of nitrogens with one attached hydrogen (secondary N) is 1. The molecule has 0 fully saturated rings. The smallest absolute Gasteiger partial charge is 0.142 e. The van der Waals surface area contributed by atoms with Gasteiger partial charge < -0.3 is 10.1 Å². The Kier molecular flexibility index (Phi) is 6.58. The van der Waals surface area contributed by atoms with Crippen LogP contribution in [0.4, 0.5) is 5.82 Å². The van der Waals surface area contributed by atoms with Crippen molar-refractivity contribution in [1.29, 1.82) is 0 Å². The molecule has 4 nitrogen and oxygen atoms in total. The number of nitrogens with zero attached hydrogens (tertiary/aromatic N) is 2. The molecular weight excluding hydrogens is 305 g/mol. The van der Waals surface area contributed by atoms with E-state index < -0.39 is 0 Å². The summed E-state index contributed by atoms with van der Waals surface area (Å²) in [4.78, 5) is 8.07. The minimum absolute atomic E-state index is 0.808. The summed E-state index contributed by atoms with van der Waals surface area (Å²) in [5, 5.41) is 3.25. The van der Waals surface area contributed by atoms with E-state index in [1.807, 2.05) is 0 Å². The number of anilines is 1. The number of hydrogen-bond donors (Lipinski definition) is 1. The molecule has 0 saturated carbocycles. The Morgan fingerprint density at radius 3 is 3.07 bits per heavy atom. The highest BCUT2D eigenvalue weighted by molar-refractivity contribution is 14.1. The summed E-state index contributed by atoms with van der Waals surface area (Å²) >= 11 is 2.22. The Hall–Kier alpha value is -0.430. The summed E-state index contributed by atoms with van der Waals surface area (Å²) in [6.07, 6.45) is 5.43. The lowest BCUT2D eigenvalue weighted by atomic mass is 10.4. The highest BCUT2D eigenvalue weighted by Gasteiger charge is 1.98. The van der Waals surface area contributed by atoms with Gasteiger partial charge in [0.2, 0.25) is 0 Å². The number of ether oxygens (including phenoxy) is 1. The second-order valence-electron chi connectivity index (χ2n) is 3.11. The van der Waals surface area contributed by atoms with Crippen molar-refractivity contribution in [1.82, 2.24) is 9.97 Å². The Morgan fingerprint density at radius 2 is 2.33 bits per heavy atom. The maximum absolute atomic E-state index is 5.38. The third kappa shape index (κ3) is 5.27. The van der Waals surface area contributed by atoms with Gasteiger partial charge in [-0.2, -0.15) is 0 Å². The average molecular weight is 321 g/mol. The number of halogens is 1.